The number of hydrogen-bond acceptors (Lipinski definition) is 2. The molecule has 88 valence electrons. The van der Waals surface area contributed by atoms with Crippen LogP contribution in [-0.4, -0.2) is 15.7 Å². The highest BCUT2D eigenvalue weighted by atomic mass is 16.1. The third-order valence-electron chi connectivity index (χ3n) is 2.96. The number of rotatable bonds is 2. The number of nitrogens with zero attached hydrogens (tertiary/aromatic N) is 2. The highest BCUT2D eigenvalue weighted by molar-refractivity contribution is 5.76. The highest BCUT2D eigenvalue weighted by Crippen LogP contribution is 2.20. The van der Waals surface area contributed by atoms with Gasteiger partial charge in [-0.3, -0.25) is 4.79 Å². The minimum Gasteiger partial charge on any atom is -0.306 e. The van der Waals surface area contributed by atoms with Crippen LogP contribution in [-0.2, 0) is 0 Å². The summed E-state index contributed by atoms with van der Waals surface area (Å²) in [4.78, 5) is 15.5. The van der Waals surface area contributed by atoms with Gasteiger partial charge in [-0.15, -0.1) is 0 Å². The van der Waals surface area contributed by atoms with Gasteiger partial charge in [0.25, 0.3) is 0 Å². The third kappa shape index (κ3) is 1.70. The van der Waals surface area contributed by atoms with Crippen molar-refractivity contribution in [3.05, 3.63) is 59.9 Å². The zero-order chi connectivity index (χ0) is 12.5. The van der Waals surface area contributed by atoms with E-state index in [0.29, 0.717) is 5.56 Å². The number of benzene rings is 1. The SMILES string of the molecule is Cc1cc(C=O)cn2cc(-c3ccccc3)nc12. The van der Waals surface area contributed by atoms with Gasteiger partial charge in [-0.1, -0.05) is 30.3 Å². The van der Waals surface area contributed by atoms with Crippen molar-refractivity contribution in [3.63, 3.8) is 0 Å². The van der Waals surface area contributed by atoms with Crippen LogP contribution in [0.25, 0.3) is 16.9 Å². The average molecular weight is 236 g/mol. The topological polar surface area (TPSA) is 34.4 Å². The van der Waals surface area contributed by atoms with Crippen LogP contribution in [0.4, 0.5) is 0 Å². The fraction of sp³-hybridized carbons (Fsp3) is 0.0667. The summed E-state index contributed by atoms with van der Waals surface area (Å²) in [5.74, 6) is 0. The molecule has 3 heteroatoms. The second-order valence-corrected chi connectivity index (χ2v) is 4.30. The number of imidazole rings is 1. The average Bonchev–Trinajstić information content (AvgIpc) is 2.84. The number of carbonyl (C=O) groups excluding carboxylic acids is 1. The van der Waals surface area contributed by atoms with Crippen LogP contribution < -0.4 is 0 Å². The molecule has 0 fully saturated rings. The smallest absolute Gasteiger partial charge is 0.151 e. The van der Waals surface area contributed by atoms with Crippen LogP contribution >= 0.6 is 0 Å². The van der Waals surface area contributed by atoms with Crippen LogP contribution in [0.1, 0.15) is 15.9 Å². The van der Waals surface area contributed by atoms with Gasteiger partial charge in [0.1, 0.15) is 5.65 Å². The van der Waals surface area contributed by atoms with E-state index >= 15 is 0 Å². The van der Waals surface area contributed by atoms with E-state index in [-0.39, 0.29) is 0 Å². The predicted octanol–water partition coefficient (Wildman–Crippen LogP) is 3.12. The Morgan fingerprint density at radius 2 is 1.94 bits per heavy atom. The third-order valence-corrected chi connectivity index (χ3v) is 2.96. The number of aryl methyl sites for hydroxylation is 1. The van der Waals surface area contributed by atoms with E-state index in [9.17, 15) is 4.79 Å². The largest absolute Gasteiger partial charge is 0.306 e. The van der Waals surface area contributed by atoms with Crippen LogP contribution in [0.15, 0.2) is 48.8 Å². The summed E-state index contributed by atoms with van der Waals surface area (Å²) >= 11 is 0. The van der Waals surface area contributed by atoms with Gasteiger partial charge in [0.2, 0.25) is 0 Å². The van der Waals surface area contributed by atoms with E-state index in [0.717, 1.165) is 28.8 Å². The lowest BCUT2D eigenvalue weighted by Gasteiger charge is -1.98. The number of aldehydes is 1. The Morgan fingerprint density at radius 1 is 1.17 bits per heavy atom. The van der Waals surface area contributed by atoms with Gasteiger partial charge >= 0.3 is 0 Å². The molecule has 0 saturated carbocycles. The van der Waals surface area contributed by atoms with Gasteiger partial charge in [-0.25, -0.2) is 4.98 Å². The number of aromatic nitrogens is 2. The number of hydrogen-bond donors (Lipinski definition) is 0. The van der Waals surface area contributed by atoms with Gasteiger partial charge < -0.3 is 4.40 Å². The number of carbonyl (C=O) groups is 1. The van der Waals surface area contributed by atoms with Gasteiger partial charge in [-0.05, 0) is 18.6 Å². The van der Waals surface area contributed by atoms with Gasteiger partial charge in [0.05, 0.1) is 5.69 Å². The fourth-order valence-corrected chi connectivity index (χ4v) is 2.11. The Hall–Kier alpha value is -2.42. The summed E-state index contributed by atoms with van der Waals surface area (Å²) in [6, 6.07) is 11.9. The van der Waals surface area contributed by atoms with Crippen LogP contribution in [0.5, 0.6) is 0 Å². The summed E-state index contributed by atoms with van der Waals surface area (Å²) in [6.07, 6.45) is 4.61. The molecule has 2 aromatic heterocycles. The van der Waals surface area contributed by atoms with E-state index in [1.54, 1.807) is 6.20 Å². The predicted molar refractivity (Wildman–Crippen MR) is 70.8 cm³/mol. The van der Waals surface area contributed by atoms with Crippen LogP contribution in [0.3, 0.4) is 0 Å². The maximum Gasteiger partial charge on any atom is 0.151 e. The van der Waals surface area contributed by atoms with Crippen molar-refractivity contribution in [1.82, 2.24) is 9.38 Å². The second-order valence-electron chi connectivity index (χ2n) is 4.30. The van der Waals surface area contributed by atoms with E-state index in [1.807, 2.05) is 53.9 Å². The van der Waals surface area contributed by atoms with Crippen molar-refractivity contribution >= 4 is 11.9 Å². The second kappa shape index (κ2) is 4.11. The van der Waals surface area contributed by atoms with Crippen molar-refractivity contribution in [2.24, 2.45) is 0 Å². The Morgan fingerprint density at radius 3 is 2.67 bits per heavy atom. The molecule has 0 bridgehead atoms. The normalized spacial score (nSPS) is 10.7. The first-order valence-electron chi connectivity index (χ1n) is 5.78. The molecule has 0 unspecified atom stereocenters. The maximum atomic E-state index is 10.8. The Labute approximate surface area is 105 Å². The number of fused-ring (bicyclic) bond motifs is 1. The molecule has 0 spiro atoms. The van der Waals surface area contributed by atoms with E-state index in [1.165, 1.54) is 0 Å². The zero-order valence-corrected chi connectivity index (χ0v) is 10.00. The van der Waals surface area contributed by atoms with E-state index in [4.69, 9.17) is 0 Å². The molecule has 0 aliphatic heterocycles. The molecular formula is C15H12N2O. The van der Waals surface area contributed by atoms with Crippen LogP contribution in [0.2, 0.25) is 0 Å². The molecule has 0 aliphatic carbocycles. The first kappa shape index (κ1) is 10.7. The molecule has 0 saturated heterocycles. The molecule has 0 atom stereocenters. The molecule has 1 aromatic carbocycles. The minimum atomic E-state index is 0.664. The summed E-state index contributed by atoms with van der Waals surface area (Å²) in [7, 11) is 0. The standard InChI is InChI=1S/C15H12N2O/c1-11-7-12(10-18)8-17-9-14(16-15(11)17)13-5-3-2-4-6-13/h2-10H,1H3. The molecule has 0 aliphatic rings. The summed E-state index contributed by atoms with van der Waals surface area (Å²) in [5.41, 5.74) is 4.55. The van der Waals surface area contributed by atoms with Crippen molar-refractivity contribution in [1.29, 1.82) is 0 Å². The summed E-state index contributed by atoms with van der Waals surface area (Å²) in [6.45, 7) is 1.96. The first-order chi connectivity index (χ1) is 8.78. The quantitative estimate of drug-likeness (QED) is 0.641. The van der Waals surface area contributed by atoms with Crippen molar-refractivity contribution in [2.45, 2.75) is 6.92 Å². The lowest BCUT2D eigenvalue weighted by Crippen LogP contribution is -1.91. The Balaban J connectivity index is 2.23. The van der Waals surface area contributed by atoms with Crippen LogP contribution in [0, 0.1) is 6.92 Å². The molecule has 3 rings (SSSR count). The minimum absolute atomic E-state index is 0.664. The molecule has 3 aromatic rings. The van der Waals surface area contributed by atoms with Gasteiger partial charge in [-0.2, -0.15) is 0 Å². The number of pyridine rings is 1. The van der Waals surface area contributed by atoms with E-state index < -0.39 is 0 Å². The summed E-state index contributed by atoms with van der Waals surface area (Å²) in [5, 5.41) is 0. The lowest BCUT2D eigenvalue weighted by atomic mass is 10.2. The molecular weight excluding hydrogens is 224 g/mol. The lowest BCUT2D eigenvalue weighted by molar-refractivity contribution is 0.112. The van der Waals surface area contributed by atoms with Crippen molar-refractivity contribution in [3.8, 4) is 11.3 Å². The van der Waals surface area contributed by atoms with Gasteiger partial charge in [0, 0.05) is 23.5 Å². The summed E-state index contributed by atoms with van der Waals surface area (Å²) < 4.78 is 1.90. The molecule has 0 N–H and O–H groups in total. The molecule has 0 radical (unpaired) electrons. The molecule has 0 amide bonds. The van der Waals surface area contributed by atoms with E-state index in [2.05, 4.69) is 4.98 Å². The molecule has 2 heterocycles. The molecule has 18 heavy (non-hydrogen) atoms. The molecule has 3 nitrogen and oxygen atoms in total. The zero-order valence-electron chi connectivity index (χ0n) is 10.00. The fourth-order valence-electron chi connectivity index (χ4n) is 2.11. The first-order valence-corrected chi connectivity index (χ1v) is 5.78. The van der Waals surface area contributed by atoms with Crippen molar-refractivity contribution in [2.75, 3.05) is 0 Å². The highest BCUT2D eigenvalue weighted by Gasteiger charge is 2.07. The Bertz CT molecular complexity index is 714. The van der Waals surface area contributed by atoms with Gasteiger partial charge in [0.15, 0.2) is 6.29 Å². The monoisotopic (exact) mass is 236 g/mol. The Kier molecular flexibility index (Phi) is 2.45. The maximum absolute atomic E-state index is 10.8. The van der Waals surface area contributed by atoms with Crippen molar-refractivity contribution < 1.29 is 4.79 Å².